The lowest BCUT2D eigenvalue weighted by Gasteiger charge is -2.24. The number of hydrogen-bond donors (Lipinski definition) is 0. The van der Waals surface area contributed by atoms with E-state index in [0.717, 1.165) is 6.42 Å². The zero-order valence-corrected chi connectivity index (χ0v) is 17.9. The quantitative estimate of drug-likeness (QED) is 0.455. The highest BCUT2D eigenvalue weighted by Gasteiger charge is 2.26. The number of pyridine rings is 1. The van der Waals surface area contributed by atoms with Crippen molar-refractivity contribution in [2.45, 2.75) is 13.3 Å². The maximum absolute atomic E-state index is 12.9. The monoisotopic (exact) mass is 439 g/mol. The van der Waals surface area contributed by atoms with Crippen molar-refractivity contribution in [3.8, 4) is 0 Å². The molecule has 8 nitrogen and oxygen atoms in total. The topological polar surface area (TPSA) is 88.5 Å². The van der Waals surface area contributed by atoms with Gasteiger partial charge in [-0.1, -0.05) is 23.7 Å². The van der Waals surface area contributed by atoms with Crippen LogP contribution in [0.5, 0.6) is 0 Å². The second-order valence-corrected chi connectivity index (χ2v) is 7.49. The second kappa shape index (κ2) is 9.26. The number of ether oxygens (including phenoxy) is 1. The van der Waals surface area contributed by atoms with Crippen LogP contribution in [0.2, 0.25) is 5.15 Å². The first kappa shape index (κ1) is 21.0. The Kier molecular flexibility index (Phi) is 6.27. The number of carbonyl (C=O) groups excluding carboxylic acids is 2. The standard InChI is InChI=1S/C22H22ClN5O3/c1-2-31-22(30)19-20(26-17-7-4-3-6-16(17)25-19)27-10-5-11-28(13-12-27)21(29)15-8-9-18(23)24-14-15/h3-4,6-9,14H,2,5,10-13H2,1H3. The maximum atomic E-state index is 12.9. The van der Waals surface area contributed by atoms with Crippen molar-refractivity contribution >= 4 is 40.3 Å². The number of esters is 1. The van der Waals surface area contributed by atoms with E-state index in [2.05, 4.69) is 9.97 Å². The van der Waals surface area contributed by atoms with Gasteiger partial charge in [-0.2, -0.15) is 0 Å². The van der Waals surface area contributed by atoms with E-state index in [-0.39, 0.29) is 18.2 Å². The number of hydrogen-bond acceptors (Lipinski definition) is 7. The number of amides is 1. The summed E-state index contributed by atoms with van der Waals surface area (Å²) < 4.78 is 5.22. The fourth-order valence-corrected chi connectivity index (χ4v) is 3.68. The summed E-state index contributed by atoms with van der Waals surface area (Å²) in [6.45, 7) is 4.25. The molecule has 0 radical (unpaired) electrons. The van der Waals surface area contributed by atoms with E-state index in [4.69, 9.17) is 21.3 Å². The molecule has 1 saturated heterocycles. The lowest BCUT2D eigenvalue weighted by molar-refractivity contribution is 0.0520. The van der Waals surface area contributed by atoms with E-state index in [1.165, 1.54) is 6.20 Å². The molecule has 4 rings (SSSR count). The summed E-state index contributed by atoms with van der Waals surface area (Å²) in [6, 6.07) is 10.7. The van der Waals surface area contributed by atoms with Crippen molar-refractivity contribution in [1.29, 1.82) is 0 Å². The molecule has 1 fully saturated rings. The van der Waals surface area contributed by atoms with Gasteiger partial charge in [-0.05, 0) is 37.6 Å². The molecule has 0 unspecified atom stereocenters. The van der Waals surface area contributed by atoms with Crippen LogP contribution >= 0.6 is 11.6 Å². The minimum Gasteiger partial charge on any atom is -0.461 e. The van der Waals surface area contributed by atoms with Crippen molar-refractivity contribution < 1.29 is 14.3 Å². The second-order valence-electron chi connectivity index (χ2n) is 7.11. The summed E-state index contributed by atoms with van der Waals surface area (Å²) in [5.74, 6) is -0.110. The molecule has 1 aromatic carbocycles. The number of anilines is 1. The molecule has 0 bridgehead atoms. The Hall–Kier alpha value is -3.26. The summed E-state index contributed by atoms with van der Waals surface area (Å²) in [5.41, 5.74) is 2.03. The van der Waals surface area contributed by atoms with Crippen LogP contribution in [-0.4, -0.2) is 64.5 Å². The third-order valence-electron chi connectivity index (χ3n) is 5.08. The smallest absolute Gasteiger partial charge is 0.360 e. The van der Waals surface area contributed by atoms with Crippen LogP contribution in [0.3, 0.4) is 0 Å². The first-order chi connectivity index (χ1) is 15.1. The van der Waals surface area contributed by atoms with Crippen LogP contribution in [0.15, 0.2) is 42.6 Å². The number of aromatic nitrogens is 3. The van der Waals surface area contributed by atoms with E-state index < -0.39 is 5.97 Å². The predicted octanol–water partition coefficient (Wildman–Crippen LogP) is 3.21. The van der Waals surface area contributed by atoms with E-state index >= 15 is 0 Å². The minimum atomic E-state index is -0.500. The van der Waals surface area contributed by atoms with Gasteiger partial charge in [-0.15, -0.1) is 0 Å². The van der Waals surface area contributed by atoms with Crippen LogP contribution in [0, 0.1) is 0 Å². The van der Waals surface area contributed by atoms with Gasteiger partial charge in [-0.25, -0.2) is 19.7 Å². The Morgan fingerprint density at radius 3 is 2.52 bits per heavy atom. The molecular formula is C22H22ClN5O3. The molecule has 3 aromatic rings. The molecule has 0 saturated carbocycles. The number of nitrogens with zero attached hydrogens (tertiary/aromatic N) is 5. The lowest BCUT2D eigenvalue weighted by atomic mass is 10.2. The number of carbonyl (C=O) groups is 2. The Balaban J connectivity index is 1.59. The van der Waals surface area contributed by atoms with Gasteiger partial charge in [-0.3, -0.25) is 4.79 Å². The Morgan fingerprint density at radius 1 is 1.03 bits per heavy atom. The molecule has 0 aliphatic carbocycles. The summed E-state index contributed by atoms with van der Waals surface area (Å²) in [4.78, 5) is 42.5. The van der Waals surface area contributed by atoms with E-state index in [9.17, 15) is 9.59 Å². The lowest BCUT2D eigenvalue weighted by Crippen LogP contribution is -2.36. The molecule has 9 heteroatoms. The summed E-state index contributed by atoms with van der Waals surface area (Å²) in [5, 5.41) is 0.347. The number of para-hydroxylation sites is 2. The Labute approximate surface area is 184 Å². The molecule has 0 N–H and O–H groups in total. The van der Waals surface area contributed by atoms with Crippen LogP contribution in [0.25, 0.3) is 11.0 Å². The molecule has 0 atom stereocenters. The van der Waals surface area contributed by atoms with Gasteiger partial charge in [0.05, 0.1) is 23.2 Å². The van der Waals surface area contributed by atoms with E-state index in [1.54, 1.807) is 24.0 Å². The highest BCUT2D eigenvalue weighted by atomic mass is 35.5. The fraction of sp³-hybridized carbons (Fsp3) is 0.318. The molecule has 2 aromatic heterocycles. The van der Waals surface area contributed by atoms with Gasteiger partial charge in [0.2, 0.25) is 0 Å². The average Bonchev–Trinajstić information content (AvgIpc) is 3.04. The van der Waals surface area contributed by atoms with E-state index in [0.29, 0.717) is 53.7 Å². The van der Waals surface area contributed by atoms with Gasteiger partial charge in [0, 0.05) is 32.4 Å². The van der Waals surface area contributed by atoms with Crippen LogP contribution in [0.4, 0.5) is 5.82 Å². The third-order valence-corrected chi connectivity index (χ3v) is 5.30. The number of halogens is 1. The molecular weight excluding hydrogens is 418 g/mol. The molecule has 1 aliphatic heterocycles. The summed E-state index contributed by atoms with van der Waals surface area (Å²) >= 11 is 5.83. The number of rotatable bonds is 4. The third kappa shape index (κ3) is 4.59. The molecule has 31 heavy (non-hydrogen) atoms. The zero-order chi connectivity index (χ0) is 21.8. The highest BCUT2D eigenvalue weighted by Crippen LogP contribution is 2.23. The van der Waals surface area contributed by atoms with Crippen molar-refractivity contribution in [2.24, 2.45) is 0 Å². The molecule has 160 valence electrons. The van der Waals surface area contributed by atoms with Crippen molar-refractivity contribution in [2.75, 3.05) is 37.7 Å². The van der Waals surface area contributed by atoms with Gasteiger partial charge in [0.15, 0.2) is 11.5 Å². The predicted molar refractivity (Wildman–Crippen MR) is 117 cm³/mol. The first-order valence-corrected chi connectivity index (χ1v) is 10.5. The van der Waals surface area contributed by atoms with E-state index in [1.807, 2.05) is 29.2 Å². The molecule has 1 amide bonds. The van der Waals surface area contributed by atoms with Gasteiger partial charge < -0.3 is 14.5 Å². The van der Waals surface area contributed by atoms with Gasteiger partial charge >= 0.3 is 5.97 Å². The van der Waals surface area contributed by atoms with Crippen LogP contribution < -0.4 is 4.90 Å². The fourth-order valence-electron chi connectivity index (χ4n) is 3.56. The minimum absolute atomic E-state index is 0.0961. The largest absolute Gasteiger partial charge is 0.461 e. The summed E-state index contributed by atoms with van der Waals surface area (Å²) in [7, 11) is 0. The average molecular weight is 440 g/mol. The van der Waals surface area contributed by atoms with Crippen LogP contribution in [-0.2, 0) is 4.74 Å². The SMILES string of the molecule is CCOC(=O)c1nc2ccccc2nc1N1CCCN(C(=O)c2ccc(Cl)nc2)CC1. The Morgan fingerprint density at radius 2 is 1.81 bits per heavy atom. The molecule has 1 aliphatic rings. The van der Waals surface area contributed by atoms with Crippen molar-refractivity contribution in [3.63, 3.8) is 0 Å². The Bertz CT molecular complexity index is 1110. The van der Waals surface area contributed by atoms with Crippen LogP contribution in [0.1, 0.15) is 34.2 Å². The van der Waals surface area contributed by atoms with Gasteiger partial charge in [0.25, 0.3) is 5.91 Å². The number of benzene rings is 1. The van der Waals surface area contributed by atoms with Crippen molar-refractivity contribution in [3.05, 3.63) is 59.0 Å². The normalized spacial score (nSPS) is 14.4. The highest BCUT2D eigenvalue weighted by molar-refractivity contribution is 6.29. The first-order valence-electron chi connectivity index (χ1n) is 10.2. The van der Waals surface area contributed by atoms with Crippen molar-refractivity contribution in [1.82, 2.24) is 19.9 Å². The zero-order valence-electron chi connectivity index (χ0n) is 17.1. The number of fused-ring (bicyclic) bond motifs is 1. The maximum Gasteiger partial charge on any atom is 0.360 e. The molecule has 3 heterocycles. The molecule has 0 spiro atoms. The summed E-state index contributed by atoms with van der Waals surface area (Å²) in [6.07, 6.45) is 2.21. The van der Waals surface area contributed by atoms with Gasteiger partial charge in [0.1, 0.15) is 5.15 Å².